The van der Waals surface area contributed by atoms with Gasteiger partial charge in [-0.1, -0.05) is 29.8 Å². The van der Waals surface area contributed by atoms with E-state index in [-0.39, 0.29) is 0 Å². The number of hydrogen-bond donors (Lipinski definition) is 2. The van der Waals surface area contributed by atoms with Crippen LogP contribution in [0, 0.1) is 25.2 Å². The number of ether oxygens (including phenoxy) is 1. The molecule has 4 aromatic rings. The lowest BCUT2D eigenvalue weighted by Crippen LogP contribution is -3.15. The fourth-order valence-corrected chi connectivity index (χ4v) is 4.63. The second kappa shape index (κ2) is 8.52. The van der Waals surface area contributed by atoms with Gasteiger partial charge in [-0.05, 0) is 43.7 Å². The Morgan fingerprint density at radius 3 is 2.59 bits per heavy atom. The van der Waals surface area contributed by atoms with E-state index in [0.717, 1.165) is 73.1 Å². The normalized spacial score (nSPS) is 14.7. The summed E-state index contributed by atoms with van der Waals surface area (Å²) in [5.41, 5.74) is 6.01. The first kappa shape index (κ1) is 20.3. The topological polar surface area (TPSA) is 60.6 Å². The number of imidazole rings is 1. The van der Waals surface area contributed by atoms with Crippen LogP contribution in [-0.4, -0.2) is 44.3 Å². The van der Waals surface area contributed by atoms with Gasteiger partial charge in [0.25, 0.3) is 0 Å². The minimum absolute atomic E-state index is 0.711. The Morgan fingerprint density at radius 2 is 1.84 bits per heavy atom. The molecule has 2 N–H and O–H groups in total. The number of nitrogens with one attached hydrogen (secondary N) is 2. The van der Waals surface area contributed by atoms with Gasteiger partial charge >= 0.3 is 0 Å². The van der Waals surface area contributed by atoms with Crippen LogP contribution in [0.25, 0.3) is 16.7 Å². The fourth-order valence-electron chi connectivity index (χ4n) is 4.63. The van der Waals surface area contributed by atoms with Crippen molar-refractivity contribution in [3.63, 3.8) is 0 Å². The van der Waals surface area contributed by atoms with Gasteiger partial charge in [0, 0.05) is 6.07 Å². The Bertz CT molecular complexity index is 1290. The summed E-state index contributed by atoms with van der Waals surface area (Å²) in [6, 6.07) is 21.1. The van der Waals surface area contributed by atoms with Crippen LogP contribution in [0.15, 0.2) is 54.6 Å². The monoisotopic (exact) mass is 427 g/mol. The Balaban J connectivity index is 1.32. The Hall–Kier alpha value is -3.56. The van der Waals surface area contributed by atoms with Crippen LogP contribution in [0.2, 0.25) is 0 Å². The molecule has 1 fully saturated rings. The third-order valence-electron chi connectivity index (χ3n) is 6.48. The maximum absolute atomic E-state index is 9.74. The SMILES string of the molecule is Cc1ccc(OCC[NH+]2CCN(c3cc(C)c(C#N)c4[nH]c5ccccc5[n+]34)CC2)cc1. The molecular weight excluding hydrogens is 398 g/mol. The molecule has 5 rings (SSSR count). The summed E-state index contributed by atoms with van der Waals surface area (Å²) in [4.78, 5) is 7.48. The van der Waals surface area contributed by atoms with Gasteiger partial charge in [0.15, 0.2) is 0 Å². The molecule has 162 valence electrons. The van der Waals surface area contributed by atoms with Gasteiger partial charge in [-0.15, -0.1) is 0 Å². The molecule has 0 aliphatic carbocycles. The quantitative estimate of drug-likeness (QED) is 0.480. The third-order valence-corrected chi connectivity index (χ3v) is 6.48. The molecular formula is C26H29N5O+2. The molecule has 1 saturated heterocycles. The minimum atomic E-state index is 0.711. The largest absolute Gasteiger partial charge is 0.488 e. The van der Waals surface area contributed by atoms with Crippen molar-refractivity contribution < 1.29 is 14.0 Å². The highest BCUT2D eigenvalue weighted by Crippen LogP contribution is 2.22. The maximum atomic E-state index is 9.74. The molecule has 1 aliphatic heterocycles. The van der Waals surface area contributed by atoms with Crippen molar-refractivity contribution in [3.05, 3.63) is 71.3 Å². The van der Waals surface area contributed by atoms with E-state index in [2.05, 4.69) is 63.7 Å². The zero-order valence-corrected chi connectivity index (χ0v) is 18.7. The van der Waals surface area contributed by atoms with Gasteiger partial charge in [-0.25, -0.2) is 0 Å². The molecule has 0 saturated carbocycles. The van der Waals surface area contributed by atoms with E-state index in [9.17, 15) is 5.26 Å². The van der Waals surface area contributed by atoms with Gasteiger partial charge in [-0.3, -0.25) is 9.88 Å². The van der Waals surface area contributed by atoms with Crippen molar-refractivity contribution in [1.29, 1.82) is 5.26 Å². The Morgan fingerprint density at radius 1 is 1.09 bits per heavy atom. The van der Waals surface area contributed by atoms with Crippen molar-refractivity contribution in [2.24, 2.45) is 0 Å². The Labute approximate surface area is 188 Å². The van der Waals surface area contributed by atoms with Gasteiger partial charge in [0.2, 0.25) is 11.5 Å². The van der Waals surface area contributed by atoms with Crippen molar-refractivity contribution in [1.82, 2.24) is 4.98 Å². The molecule has 0 amide bonds. The number of rotatable bonds is 5. The van der Waals surface area contributed by atoms with E-state index in [1.807, 2.05) is 25.1 Å². The lowest BCUT2D eigenvalue weighted by atomic mass is 10.1. The molecule has 0 radical (unpaired) electrons. The standard InChI is InChI=1S/C26H27N5O/c1-19-7-9-21(10-8-19)32-16-15-29-11-13-30(14-12-29)25-17-20(2)22(18-27)26-28-23-5-3-4-6-24(23)31(25)26/h3-10,17H,11-16H2,1-2H3/p+2. The second-order valence-corrected chi connectivity index (χ2v) is 8.65. The van der Waals surface area contributed by atoms with E-state index in [0.29, 0.717) is 5.56 Å². The molecule has 0 spiro atoms. The van der Waals surface area contributed by atoms with Crippen LogP contribution in [0.4, 0.5) is 5.82 Å². The molecule has 1 aliphatic rings. The number of aromatic amines is 1. The van der Waals surface area contributed by atoms with E-state index >= 15 is 0 Å². The molecule has 2 aromatic carbocycles. The summed E-state index contributed by atoms with van der Waals surface area (Å²) in [6.07, 6.45) is 0. The number of benzene rings is 2. The summed E-state index contributed by atoms with van der Waals surface area (Å²) in [6.45, 7) is 9.95. The van der Waals surface area contributed by atoms with Crippen molar-refractivity contribution in [3.8, 4) is 11.8 Å². The lowest BCUT2D eigenvalue weighted by molar-refractivity contribution is -0.900. The number of hydrogen-bond acceptors (Lipinski definition) is 3. The molecule has 2 aromatic heterocycles. The summed E-state index contributed by atoms with van der Waals surface area (Å²) in [5, 5.41) is 9.74. The number of aryl methyl sites for hydroxylation is 2. The van der Waals surface area contributed by atoms with Crippen LogP contribution in [-0.2, 0) is 0 Å². The first-order valence-electron chi connectivity index (χ1n) is 11.3. The lowest BCUT2D eigenvalue weighted by Gasteiger charge is -2.30. The molecule has 6 nitrogen and oxygen atoms in total. The van der Waals surface area contributed by atoms with Crippen molar-refractivity contribution in [2.75, 3.05) is 44.2 Å². The highest BCUT2D eigenvalue weighted by Gasteiger charge is 2.29. The minimum Gasteiger partial charge on any atom is -0.488 e. The van der Waals surface area contributed by atoms with Crippen LogP contribution in [0.1, 0.15) is 16.7 Å². The average molecular weight is 428 g/mol. The number of aromatic nitrogens is 2. The van der Waals surface area contributed by atoms with E-state index in [4.69, 9.17) is 4.74 Å². The average Bonchev–Trinajstić information content (AvgIpc) is 3.20. The van der Waals surface area contributed by atoms with E-state index in [1.54, 1.807) is 4.90 Å². The van der Waals surface area contributed by atoms with Crippen molar-refractivity contribution in [2.45, 2.75) is 13.8 Å². The number of para-hydroxylation sites is 2. The number of anilines is 1. The van der Waals surface area contributed by atoms with Crippen LogP contribution < -0.4 is 18.9 Å². The highest BCUT2D eigenvalue weighted by atomic mass is 16.5. The summed E-state index contributed by atoms with van der Waals surface area (Å²) < 4.78 is 8.15. The summed E-state index contributed by atoms with van der Waals surface area (Å²) in [7, 11) is 0. The zero-order valence-electron chi connectivity index (χ0n) is 18.7. The number of fused-ring (bicyclic) bond motifs is 3. The predicted octanol–water partition coefficient (Wildman–Crippen LogP) is 2.18. The smallest absolute Gasteiger partial charge is 0.250 e. The first-order chi connectivity index (χ1) is 15.6. The zero-order chi connectivity index (χ0) is 22.1. The number of nitrogens with zero attached hydrogens (tertiary/aromatic N) is 3. The Kier molecular flexibility index (Phi) is 5.42. The maximum Gasteiger partial charge on any atom is 0.250 e. The second-order valence-electron chi connectivity index (χ2n) is 8.65. The molecule has 0 atom stereocenters. The van der Waals surface area contributed by atoms with Gasteiger partial charge < -0.3 is 9.64 Å². The van der Waals surface area contributed by atoms with E-state index < -0.39 is 0 Å². The van der Waals surface area contributed by atoms with Gasteiger partial charge in [0.1, 0.15) is 67.7 Å². The molecule has 6 heteroatoms. The van der Waals surface area contributed by atoms with Gasteiger partial charge in [0.05, 0.1) is 0 Å². The first-order valence-corrected chi connectivity index (χ1v) is 11.3. The third kappa shape index (κ3) is 3.76. The van der Waals surface area contributed by atoms with Crippen LogP contribution in [0.5, 0.6) is 5.75 Å². The molecule has 0 unspecified atom stereocenters. The van der Waals surface area contributed by atoms with Crippen LogP contribution in [0.3, 0.4) is 0 Å². The van der Waals surface area contributed by atoms with E-state index in [1.165, 1.54) is 5.56 Å². The molecule has 3 heterocycles. The molecule has 32 heavy (non-hydrogen) atoms. The number of H-pyrrole nitrogens is 1. The summed E-state index contributed by atoms with van der Waals surface area (Å²) in [5.74, 6) is 2.10. The van der Waals surface area contributed by atoms with Gasteiger partial charge in [-0.2, -0.15) is 9.66 Å². The number of pyridine rings is 1. The summed E-state index contributed by atoms with van der Waals surface area (Å²) >= 11 is 0. The predicted molar refractivity (Wildman–Crippen MR) is 125 cm³/mol. The highest BCUT2D eigenvalue weighted by molar-refractivity contribution is 5.77. The fraction of sp³-hybridized carbons (Fsp3) is 0.308. The number of quaternary nitrogens is 1. The van der Waals surface area contributed by atoms with Crippen LogP contribution >= 0.6 is 0 Å². The molecule has 0 bridgehead atoms. The number of piperazine rings is 1. The van der Waals surface area contributed by atoms with Crippen molar-refractivity contribution >= 4 is 22.5 Å². The number of nitriles is 1.